The van der Waals surface area contributed by atoms with Gasteiger partial charge in [0, 0.05) is 12.6 Å². The highest BCUT2D eigenvalue weighted by Gasteiger charge is 2.51. The zero-order valence-corrected chi connectivity index (χ0v) is 16.3. The number of fused-ring (bicyclic) bond motifs is 1. The lowest BCUT2D eigenvalue weighted by molar-refractivity contribution is -0.150. The Balaban J connectivity index is 1.54. The van der Waals surface area contributed by atoms with Crippen LogP contribution in [0.25, 0.3) is 0 Å². The molecule has 2 saturated heterocycles. The summed E-state index contributed by atoms with van der Waals surface area (Å²) in [6.07, 6.45) is 3.71. The molecular weight excluding hydrogens is 342 g/mol. The molecule has 1 unspecified atom stereocenters. The SMILES string of the molecule is CC(C)N1CCCC2(CCCN2CC(=O)N2CCOc3ccccc32)C1=O. The van der Waals surface area contributed by atoms with Crippen LogP contribution in [0.5, 0.6) is 5.75 Å². The third-order valence-electron chi connectivity index (χ3n) is 6.25. The number of benzene rings is 1. The normalized spacial score (nSPS) is 25.8. The quantitative estimate of drug-likeness (QED) is 0.818. The predicted molar refractivity (Wildman–Crippen MR) is 104 cm³/mol. The molecule has 0 aromatic heterocycles. The maximum Gasteiger partial charge on any atom is 0.243 e. The van der Waals surface area contributed by atoms with E-state index in [2.05, 4.69) is 18.7 Å². The van der Waals surface area contributed by atoms with Gasteiger partial charge < -0.3 is 14.5 Å². The van der Waals surface area contributed by atoms with Crippen molar-refractivity contribution in [2.75, 3.05) is 37.7 Å². The average Bonchev–Trinajstić information content (AvgIpc) is 3.06. The molecule has 1 atom stereocenters. The molecule has 1 spiro atoms. The maximum absolute atomic E-state index is 13.3. The van der Waals surface area contributed by atoms with Gasteiger partial charge >= 0.3 is 0 Å². The summed E-state index contributed by atoms with van der Waals surface area (Å²) >= 11 is 0. The Morgan fingerprint density at radius 3 is 2.67 bits per heavy atom. The van der Waals surface area contributed by atoms with E-state index in [0.29, 0.717) is 19.7 Å². The topological polar surface area (TPSA) is 53.1 Å². The number of hydrogen-bond donors (Lipinski definition) is 0. The number of nitrogens with zero attached hydrogens (tertiary/aromatic N) is 3. The van der Waals surface area contributed by atoms with E-state index in [4.69, 9.17) is 4.74 Å². The van der Waals surface area contributed by atoms with Crippen LogP contribution < -0.4 is 9.64 Å². The molecule has 0 radical (unpaired) electrons. The van der Waals surface area contributed by atoms with Crippen molar-refractivity contribution in [2.24, 2.45) is 0 Å². The maximum atomic E-state index is 13.3. The Morgan fingerprint density at radius 2 is 1.89 bits per heavy atom. The smallest absolute Gasteiger partial charge is 0.243 e. The van der Waals surface area contributed by atoms with Crippen molar-refractivity contribution in [3.05, 3.63) is 24.3 Å². The Labute approximate surface area is 161 Å². The lowest BCUT2D eigenvalue weighted by Crippen LogP contribution is -2.62. The second kappa shape index (κ2) is 7.15. The van der Waals surface area contributed by atoms with E-state index in [1.165, 1.54) is 0 Å². The monoisotopic (exact) mass is 371 g/mol. The molecule has 146 valence electrons. The predicted octanol–water partition coefficient (Wildman–Crippen LogP) is 2.28. The highest BCUT2D eigenvalue weighted by atomic mass is 16.5. The molecule has 0 saturated carbocycles. The second-order valence-electron chi connectivity index (χ2n) is 8.11. The number of carbonyl (C=O) groups is 2. The average molecular weight is 371 g/mol. The molecule has 2 amide bonds. The second-order valence-corrected chi connectivity index (χ2v) is 8.11. The van der Waals surface area contributed by atoms with Crippen LogP contribution in [0.3, 0.4) is 0 Å². The van der Waals surface area contributed by atoms with Crippen molar-refractivity contribution in [3.63, 3.8) is 0 Å². The molecule has 3 aliphatic heterocycles. The van der Waals surface area contributed by atoms with Gasteiger partial charge in [-0.05, 0) is 58.2 Å². The van der Waals surface area contributed by atoms with Crippen LogP contribution in [-0.4, -0.2) is 66.0 Å². The summed E-state index contributed by atoms with van der Waals surface area (Å²) < 4.78 is 5.67. The third-order valence-corrected chi connectivity index (χ3v) is 6.25. The number of hydrogen-bond acceptors (Lipinski definition) is 4. The molecule has 0 N–H and O–H groups in total. The number of anilines is 1. The Hall–Kier alpha value is -2.08. The molecule has 2 fully saturated rings. The van der Waals surface area contributed by atoms with Gasteiger partial charge in [0.2, 0.25) is 11.8 Å². The Morgan fingerprint density at radius 1 is 1.15 bits per heavy atom. The van der Waals surface area contributed by atoms with Crippen LogP contribution in [0.4, 0.5) is 5.69 Å². The Bertz CT molecular complexity index is 735. The van der Waals surface area contributed by atoms with Crippen molar-refractivity contribution in [1.82, 2.24) is 9.80 Å². The van der Waals surface area contributed by atoms with Crippen molar-refractivity contribution < 1.29 is 14.3 Å². The van der Waals surface area contributed by atoms with Gasteiger partial charge in [-0.15, -0.1) is 0 Å². The van der Waals surface area contributed by atoms with Crippen LogP contribution in [0.15, 0.2) is 24.3 Å². The summed E-state index contributed by atoms with van der Waals surface area (Å²) in [6, 6.07) is 7.88. The van der Waals surface area contributed by atoms with E-state index in [1.807, 2.05) is 34.1 Å². The number of amides is 2. The summed E-state index contributed by atoms with van der Waals surface area (Å²) in [4.78, 5) is 32.4. The molecule has 6 nitrogen and oxygen atoms in total. The standard InChI is InChI=1S/C21H29N3O3/c1-16(2)23-12-6-10-21(20(23)26)9-5-11-22(21)15-19(25)24-13-14-27-18-8-4-3-7-17(18)24/h3-4,7-8,16H,5-6,9-15H2,1-2H3. The van der Waals surface area contributed by atoms with Gasteiger partial charge in [-0.25, -0.2) is 0 Å². The first kappa shape index (κ1) is 18.3. The lowest BCUT2D eigenvalue weighted by Gasteiger charge is -2.46. The summed E-state index contributed by atoms with van der Waals surface area (Å²) in [5.74, 6) is 1.03. The summed E-state index contributed by atoms with van der Waals surface area (Å²) in [6.45, 7) is 7.16. The van der Waals surface area contributed by atoms with Gasteiger partial charge in [0.1, 0.15) is 17.9 Å². The number of ether oxygens (including phenoxy) is 1. The number of likely N-dealkylation sites (tertiary alicyclic amines) is 2. The summed E-state index contributed by atoms with van der Waals surface area (Å²) in [5, 5.41) is 0. The van der Waals surface area contributed by atoms with Crippen molar-refractivity contribution >= 4 is 17.5 Å². The van der Waals surface area contributed by atoms with Gasteiger partial charge in [-0.2, -0.15) is 0 Å². The zero-order valence-electron chi connectivity index (χ0n) is 16.3. The molecule has 1 aromatic rings. The molecule has 3 heterocycles. The fourth-order valence-corrected chi connectivity index (χ4v) is 4.88. The largest absolute Gasteiger partial charge is 0.490 e. The molecular formula is C21H29N3O3. The van der Waals surface area contributed by atoms with Crippen LogP contribution in [0, 0.1) is 0 Å². The first-order valence-corrected chi connectivity index (χ1v) is 10.1. The molecule has 3 aliphatic rings. The molecule has 6 heteroatoms. The van der Waals surface area contributed by atoms with Crippen LogP contribution in [0.1, 0.15) is 39.5 Å². The first-order valence-electron chi connectivity index (χ1n) is 10.1. The fourth-order valence-electron chi connectivity index (χ4n) is 4.88. The minimum absolute atomic E-state index is 0.0569. The summed E-state index contributed by atoms with van der Waals surface area (Å²) in [5.41, 5.74) is 0.352. The number of carbonyl (C=O) groups excluding carboxylic acids is 2. The van der Waals surface area contributed by atoms with E-state index >= 15 is 0 Å². The van der Waals surface area contributed by atoms with Gasteiger partial charge in [0.05, 0.1) is 18.8 Å². The van der Waals surface area contributed by atoms with Crippen molar-refractivity contribution in [3.8, 4) is 5.75 Å². The highest BCUT2D eigenvalue weighted by Crippen LogP contribution is 2.39. The minimum atomic E-state index is -0.482. The van der Waals surface area contributed by atoms with E-state index in [9.17, 15) is 9.59 Å². The van der Waals surface area contributed by atoms with Crippen LogP contribution in [0.2, 0.25) is 0 Å². The molecule has 0 bridgehead atoms. The van der Waals surface area contributed by atoms with Crippen molar-refractivity contribution in [1.29, 1.82) is 0 Å². The van der Waals surface area contributed by atoms with E-state index in [1.54, 1.807) is 0 Å². The minimum Gasteiger partial charge on any atom is -0.490 e. The van der Waals surface area contributed by atoms with Crippen molar-refractivity contribution in [2.45, 2.75) is 51.1 Å². The van der Waals surface area contributed by atoms with E-state index in [-0.39, 0.29) is 17.9 Å². The first-order chi connectivity index (χ1) is 13.0. The molecule has 1 aromatic carbocycles. The van der Waals surface area contributed by atoms with Gasteiger partial charge in [0.25, 0.3) is 0 Å². The molecule has 0 aliphatic carbocycles. The zero-order chi connectivity index (χ0) is 19.0. The third kappa shape index (κ3) is 3.10. The lowest BCUT2D eigenvalue weighted by atomic mass is 9.84. The van der Waals surface area contributed by atoms with Gasteiger partial charge in [-0.1, -0.05) is 12.1 Å². The summed E-state index contributed by atoms with van der Waals surface area (Å²) in [7, 11) is 0. The molecule has 27 heavy (non-hydrogen) atoms. The number of rotatable bonds is 3. The van der Waals surface area contributed by atoms with Gasteiger partial charge in [0.15, 0.2) is 0 Å². The number of piperidine rings is 1. The highest BCUT2D eigenvalue weighted by molar-refractivity contribution is 5.97. The Kier molecular flexibility index (Phi) is 4.84. The van der Waals surface area contributed by atoms with E-state index < -0.39 is 5.54 Å². The van der Waals surface area contributed by atoms with E-state index in [0.717, 1.165) is 50.2 Å². The van der Waals surface area contributed by atoms with Gasteiger partial charge in [-0.3, -0.25) is 14.5 Å². The fraction of sp³-hybridized carbons (Fsp3) is 0.619. The number of para-hydroxylation sites is 2. The van der Waals surface area contributed by atoms with Crippen LogP contribution in [-0.2, 0) is 9.59 Å². The van der Waals surface area contributed by atoms with Crippen LogP contribution >= 0.6 is 0 Å². The molecule has 4 rings (SSSR count).